The molecule has 0 saturated heterocycles. The summed E-state index contributed by atoms with van der Waals surface area (Å²) in [6.45, 7) is 3.46. The highest BCUT2D eigenvalue weighted by molar-refractivity contribution is 7.89. The maximum absolute atomic E-state index is 12.8. The van der Waals surface area contributed by atoms with Gasteiger partial charge in [0.25, 0.3) is 0 Å². The highest BCUT2D eigenvalue weighted by Gasteiger charge is 2.31. The van der Waals surface area contributed by atoms with Crippen molar-refractivity contribution in [3.63, 3.8) is 0 Å². The van der Waals surface area contributed by atoms with Crippen molar-refractivity contribution >= 4 is 15.9 Å². The number of hydrogen-bond donors (Lipinski definition) is 2. The van der Waals surface area contributed by atoms with Crippen LogP contribution in [0.5, 0.6) is 0 Å². The van der Waals surface area contributed by atoms with Gasteiger partial charge >= 0.3 is 6.18 Å². The molecule has 0 spiro atoms. The number of nitrogens with one attached hydrogen (secondary N) is 2. The fourth-order valence-electron chi connectivity index (χ4n) is 2.23. The van der Waals surface area contributed by atoms with E-state index in [9.17, 15) is 26.4 Å². The first-order valence-electron chi connectivity index (χ1n) is 7.53. The first kappa shape index (κ1) is 20.4. The van der Waals surface area contributed by atoms with Crippen LogP contribution in [0.4, 0.5) is 13.2 Å². The minimum Gasteiger partial charge on any atom is -0.354 e. The van der Waals surface area contributed by atoms with Crippen molar-refractivity contribution in [2.75, 3.05) is 18.8 Å². The smallest absolute Gasteiger partial charge is 0.354 e. The molecule has 0 aliphatic carbocycles. The number of carbonyl (C=O) groups excluding carboxylic acids is 1. The lowest BCUT2D eigenvalue weighted by molar-refractivity contribution is -0.137. The number of amides is 1. The second-order valence-corrected chi connectivity index (χ2v) is 7.12. The summed E-state index contributed by atoms with van der Waals surface area (Å²) in [5.41, 5.74) is -0.569. The Hall–Kier alpha value is -1.61. The van der Waals surface area contributed by atoms with E-state index < -0.39 is 33.6 Å². The van der Waals surface area contributed by atoms with Gasteiger partial charge in [0, 0.05) is 13.1 Å². The number of hydrogen-bond acceptors (Lipinski definition) is 3. The Morgan fingerprint density at radius 3 is 2.46 bits per heavy atom. The molecule has 136 valence electrons. The summed E-state index contributed by atoms with van der Waals surface area (Å²) >= 11 is 0. The molecule has 5 nitrogen and oxygen atoms in total. The summed E-state index contributed by atoms with van der Waals surface area (Å²) in [6.07, 6.45) is -4.18. The van der Waals surface area contributed by atoms with E-state index in [0.717, 1.165) is 12.1 Å². The average Bonchev–Trinajstić information content (AvgIpc) is 2.47. The zero-order valence-corrected chi connectivity index (χ0v) is 14.3. The van der Waals surface area contributed by atoms with Crippen LogP contribution >= 0.6 is 0 Å². The van der Waals surface area contributed by atoms with Crippen molar-refractivity contribution in [1.29, 1.82) is 0 Å². The SMILES string of the molecule is CCNS(=O)(=O)CCNC(=O)[C@H](CC)c1cccc(C(F)(F)F)c1. The van der Waals surface area contributed by atoms with Gasteiger partial charge < -0.3 is 5.32 Å². The topological polar surface area (TPSA) is 75.3 Å². The van der Waals surface area contributed by atoms with Crippen molar-refractivity contribution in [2.45, 2.75) is 32.4 Å². The Morgan fingerprint density at radius 2 is 1.92 bits per heavy atom. The number of rotatable bonds is 8. The third kappa shape index (κ3) is 6.12. The number of sulfonamides is 1. The molecule has 0 fully saturated rings. The largest absolute Gasteiger partial charge is 0.416 e. The minimum atomic E-state index is -4.48. The Balaban J connectivity index is 2.78. The minimum absolute atomic E-state index is 0.108. The standard InChI is InChI=1S/C15H21F3N2O3S/c1-3-13(11-6-5-7-12(10-11)15(16,17)18)14(21)19-8-9-24(22,23)20-4-2/h5-7,10,13,20H,3-4,8-9H2,1-2H3,(H,19,21)/t13-/m1/s1. The molecule has 0 aromatic heterocycles. The van der Waals surface area contributed by atoms with Gasteiger partial charge in [-0.05, 0) is 18.1 Å². The van der Waals surface area contributed by atoms with E-state index in [4.69, 9.17) is 0 Å². The lowest BCUT2D eigenvalue weighted by Crippen LogP contribution is -2.36. The molecule has 1 rings (SSSR count). The Bertz CT molecular complexity index is 660. The number of carbonyl (C=O) groups is 1. The molecule has 1 aromatic rings. The van der Waals surface area contributed by atoms with E-state index in [1.54, 1.807) is 13.8 Å². The molecule has 9 heteroatoms. The van der Waals surface area contributed by atoms with Gasteiger partial charge in [0.2, 0.25) is 15.9 Å². The van der Waals surface area contributed by atoms with Gasteiger partial charge in [-0.25, -0.2) is 13.1 Å². The summed E-state index contributed by atoms with van der Waals surface area (Å²) in [5.74, 6) is -1.55. The van der Waals surface area contributed by atoms with Crippen molar-refractivity contribution < 1.29 is 26.4 Å². The summed E-state index contributed by atoms with van der Waals surface area (Å²) in [5, 5.41) is 2.47. The molecule has 1 amide bonds. The highest BCUT2D eigenvalue weighted by atomic mass is 32.2. The fraction of sp³-hybridized carbons (Fsp3) is 0.533. The molecule has 24 heavy (non-hydrogen) atoms. The van der Waals surface area contributed by atoms with Gasteiger partial charge in [-0.1, -0.05) is 32.0 Å². The predicted octanol–water partition coefficient (Wildman–Crippen LogP) is 2.25. The predicted molar refractivity (Wildman–Crippen MR) is 84.9 cm³/mol. The van der Waals surface area contributed by atoms with E-state index in [1.807, 2.05) is 0 Å². The van der Waals surface area contributed by atoms with Crippen molar-refractivity contribution in [2.24, 2.45) is 0 Å². The van der Waals surface area contributed by atoms with Gasteiger partial charge in [-0.3, -0.25) is 4.79 Å². The van der Waals surface area contributed by atoms with E-state index in [2.05, 4.69) is 10.0 Å². The van der Waals surface area contributed by atoms with E-state index >= 15 is 0 Å². The normalized spacial score (nSPS) is 13.5. The zero-order chi connectivity index (χ0) is 18.4. The van der Waals surface area contributed by atoms with Crippen molar-refractivity contribution in [1.82, 2.24) is 10.0 Å². The van der Waals surface area contributed by atoms with Crippen LogP contribution in [-0.4, -0.2) is 33.2 Å². The molecule has 2 N–H and O–H groups in total. The molecule has 1 aromatic carbocycles. The fourth-order valence-corrected chi connectivity index (χ4v) is 3.18. The first-order chi connectivity index (χ1) is 11.1. The van der Waals surface area contributed by atoms with Crippen LogP contribution in [0.15, 0.2) is 24.3 Å². The maximum Gasteiger partial charge on any atom is 0.416 e. The summed E-state index contributed by atoms with van der Waals surface area (Å²) < 4.78 is 63.6. The summed E-state index contributed by atoms with van der Waals surface area (Å²) in [6, 6.07) is 4.60. The van der Waals surface area contributed by atoms with E-state index in [1.165, 1.54) is 12.1 Å². The summed E-state index contributed by atoms with van der Waals surface area (Å²) in [4.78, 5) is 12.2. The van der Waals surface area contributed by atoms with Crippen LogP contribution in [-0.2, 0) is 21.0 Å². The molecule has 0 saturated carbocycles. The second-order valence-electron chi connectivity index (χ2n) is 5.19. The zero-order valence-electron chi connectivity index (χ0n) is 13.5. The maximum atomic E-state index is 12.8. The third-order valence-electron chi connectivity index (χ3n) is 3.38. The van der Waals surface area contributed by atoms with Gasteiger partial charge in [-0.15, -0.1) is 0 Å². The number of benzene rings is 1. The Morgan fingerprint density at radius 1 is 1.25 bits per heavy atom. The molecule has 0 radical (unpaired) electrons. The summed E-state index contributed by atoms with van der Waals surface area (Å²) in [7, 11) is -3.46. The second kappa shape index (κ2) is 8.48. The molecular weight excluding hydrogens is 345 g/mol. The Kier molecular flexibility index (Phi) is 7.22. The molecule has 0 aliphatic rings. The first-order valence-corrected chi connectivity index (χ1v) is 9.18. The van der Waals surface area contributed by atoms with Crippen LogP contribution in [0, 0.1) is 0 Å². The molecule has 0 bridgehead atoms. The Labute approximate surface area is 139 Å². The monoisotopic (exact) mass is 366 g/mol. The van der Waals surface area contributed by atoms with Crippen LogP contribution < -0.4 is 10.0 Å². The van der Waals surface area contributed by atoms with Crippen molar-refractivity contribution in [3.8, 4) is 0 Å². The van der Waals surface area contributed by atoms with E-state index in [-0.39, 0.29) is 24.4 Å². The average molecular weight is 366 g/mol. The molecule has 0 aliphatic heterocycles. The van der Waals surface area contributed by atoms with E-state index in [0.29, 0.717) is 6.42 Å². The number of alkyl halides is 3. The van der Waals surface area contributed by atoms with Crippen LogP contribution in [0.3, 0.4) is 0 Å². The van der Waals surface area contributed by atoms with Gasteiger partial charge in [0.1, 0.15) is 0 Å². The number of halogens is 3. The lowest BCUT2D eigenvalue weighted by atomic mass is 9.94. The highest BCUT2D eigenvalue weighted by Crippen LogP contribution is 2.31. The van der Waals surface area contributed by atoms with Gasteiger partial charge in [0.05, 0.1) is 17.2 Å². The molecule has 0 heterocycles. The third-order valence-corrected chi connectivity index (χ3v) is 4.85. The lowest BCUT2D eigenvalue weighted by Gasteiger charge is -2.17. The van der Waals surface area contributed by atoms with Gasteiger partial charge in [-0.2, -0.15) is 13.2 Å². The van der Waals surface area contributed by atoms with Gasteiger partial charge in [0.15, 0.2) is 0 Å². The van der Waals surface area contributed by atoms with Crippen LogP contribution in [0.25, 0.3) is 0 Å². The van der Waals surface area contributed by atoms with Crippen LogP contribution in [0.2, 0.25) is 0 Å². The quantitative estimate of drug-likeness (QED) is 0.741. The van der Waals surface area contributed by atoms with Crippen LogP contribution in [0.1, 0.15) is 37.3 Å². The molecular formula is C15H21F3N2O3S. The molecule has 1 atom stereocenters. The molecule has 0 unspecified atom stereocenters. The van der Waals surface area contributed by atoms with Crippen molar-refractivity contribution in [3.05, 3.63) is 35.4 Å².